The standard InChI is InChI=1S/C11H14Cl2N2O2/c1-11(6-12,7-13)15-9(16)8-4-3-5-14-10(8)17-2/h3-5H,6-7H2,1-2H3,(H,15,16). The van der Waals surface area contributed by atoms with Crippen molar-refractivity contribution in [2.24, 2.45) is 0 Å². The average Bonchev–Trinajstić information content (AvgIpc) is 2.38. The Bertz CT molecular complexity index is 395. The van der Waals surface area contributed by atoms with Crippen LogP contribution in [0.15, 0.2) is 18.3 Å². The summed E-state index contributed by atoms with van der Waals surface area (Å²) in [5, 5.41) is 2.76. The van der Waals surface area contributed by atoms with Gasteiger partial charge in [-0.15, -0.1) is 23.2 Å². The second kappa shape index (κ2) is 6.07. The summed E-state index contributed by atoms with van der Waals surface area (Å²) in [6, 6.07) is 3.29. The molecule has 1 heterocycles. The van der Waals surface area contributed by atoms with E-state index in [9.17, 15) is 4.79 Å². The summed E-state index contributed by atoms with van der Waals surface area (Å²) in [7, 11) is 1.46. The quantitative estimate of drug-likeness (QED) is 0.838. The van der Waals surface area contributed by atoms with Crippen LogP contribution < -0.4 is 10.1 Å². The van der Waals surface area contributed by atoms with Crippen molar-refractivity contribution in [2.45, 2.75) is 12.5 Å². The molecule has 0 spiro atoms. The highest BCUT2D eigenvalue weighted by Crippen LogP contribution is 2.16. The number of methoxy groups -OCH3 is 1. The molecule has 1 amide bonds. The Hall–Kier alpha value is -1.00. The van der Waals surface area contributed by atoms with E-state index in [1.807, 2.05) is 0 Å². The van der Waals surface area contributed by atoms with Gasteiger partial charge in [-0.3, -0.25) is 4.79 Å². The SMILES string of the molecule is COc1ncccc1C(=O)NC(C)(CCl)CCl. The van der Waals surface area contributed by atoms with Crippen LogP contribution in [0.3, 0.4) is 0 Å². The van der Waals surface area contributed by atoms with Gasteiger partial charge >= 0.3 is 0 Å². The summed E-state index contributed by atoms with van der Waals surface area (Å²) < 4.78 is 5.01. The zero-order chi connectivity index (χ0) is 12.9. The van der Waals surface area contributed by atoms with E-state index >= 15 is 0 Å². The molecule has 94 valence electrons. The zero-order valence-corrected chi connectivity index (χ0v) is 11.2. The Morgan fingerprint density at radius 3 is 2.71 bits per heavy atom. The Balaban J connectivity index is 2.90. The molecule has 1 N–H and O–H groups in total. The molecule has 0 radical (unpaired) electrons. The first-order valence-corrected chi connectivity index (χ1v) is 6.06. The molecule has 0 aliphatic carbocycles. The summed E-state index contributed by atoms with van der Waals surface area (Å²) in [5.74, 6) is 0.422. The summed E-state index contributed by atoms with van der Waals surface area (Å²) in [6.45, 7) is 1.77. The van der Waals surface area contributed by atoms with Gasteiger partial charge in [-0.05, 0) is 19.1 Å². The van der Waals surface area contributed by atoms with Crippen molar-refractivity contribution >= 4 is 29.1 Å². The van der Waals surface area contributed by atoms with E-state index in [0.29, 0.717) is 5.56 Å². The number of halogens is 2. The smallest absolute Gasteiger partial charge is 0.257 e. The average molecular weight is 277 g/mol. The van der Waals surface area contributed by atoms with E-state index in [-0.39, 0.29) is 23.5 Å². The van der Waals surface area contributed by atoms with Crippen molar-refractivity contribution in [2.75, 3.05) is 18.9 Å². The van der Waals surface area contributed by atoms with Crippen LogP contribution in [0.5, 0.6) is 5.88 Å². The van der Waals surface area contributed by atoms with Gasteiger partial charge in [-0.2, -0.15) is 0 Å². The molecule has 0 saturated heterocycles. The highest BCUT2D eigenvalue weighted by Gasteiger charge is 2.26. The number of hydrogen-bond acceptors (Lipinski definition) is 3. The van der Waals surface area contributed by atoms with Gasteiger partial charge in [0.1, 0.15) is 5.56 Å². The third-order valence-corrected chi connectivity index (χ3v) is 3.39. The minimum absolute atomic E-state index is 0.227. The Labute approximate surface area is 110 Å². The van der Waals surface area contributed by atoms with Crippen LogP contribution in [-0.2, 0) is 0 Å². The fourth-order valence-electron chi connectivity index (χ4n) is 1.17. The van der Waals surface area contributed by atoms with E-state index in [1.165, 1.54) is 7.11 Å². The minimum atomic E-state index is -0.652. The Morgan fingerprint density at radius 2 is 2.18 bits per heavy atom. The maximum absolute atomic E-state index is 12.0. The molecule has 1 aromatic heterocycles. The van der Waals surface area contributed by atoms with Gasteiger partial charge in [0.05, 0.1) is 12.6 Å². The number of hydrogen-bond donors (Lipinski definition) is 1. The maximum Gasteiger partial charge on any atom is 0.257 e. The molecule has 0 aliphatic heterocycles. The summed E-state index contributed by atoms with van der Waals surface area (Å²) in [5.41, 5.74) is -0.294. The third kappa shape index (κ3) is 3.48. The number of pyridine rings is 1. The second-order valence-corrected chi connectivity index (χ2v) is 4.38. The van der Waals surface area contributed by atoms with E-state index in [2.05, 4.69) is 10.3 Å². The summed E-state index contributed by atoms with van der Waals surface area (Å²) in [4.78, 5) is 16.0. The van der Waals surface area contributed by atoms with Crippen molar-refractivity contribution in [3.05, 3.63) is 23.9 Å². The van der Waals surface area contributed by atoms with Crippen molar-refractivity contribution in [3.63, 3.8) is 0 Å². The highest BCUT2D eigenvalue weighted by atomic mass is 35.5. The normalized spacial score (nSPS) is 11.1. The molecule has 0 unspecified atom stereocenters. The Morgan fingerprint density at radius 1 is 1.53 bits per heavy atom. The van der Waals surface area contributed by atoms with Gasteiger partial charge in [0.25, 0.3) is 5.91 Å². The predicted molar refractivity (Wildman–Crippen MR) is 68.1 cm³/mol. The predicted octanol–water partition coefficient (Wildman–Crippen LogP) is 2.06. The van der Waals surface area contributed by atoms with Gasteiger partial charge in [0.2, 0.25) is 5.88 Å². The molecule has 0 bridgehead atoms. The first-order chi connectivity index (χ1) is 8.06. The van der Waals surface area contributed by atoms with Crippen LogP contribution in [0.25, 0.3) is 0 Å². The highest BCUT2D eigenvalue weighted by molar-refractivity contribution is 6.22. The number of ether oxygens (including phenoxy) is 1. The maximum atomic E-state index is 12.0. The number of nitrogens with one attached hydrogen (secondary N) is 1. The molecule has 0 atom stereocenters. The molecule has 0 aliphatic rings. The fraction of sp³-hybridized carbons (Fsp3) is 0.455. The lowest BCUT2D eigenvalue weighted by Crippen LogP contribution is -2.49. The minimum Gasteiger partial charge on any atom is -0.480 e. The van der Waals surface area contributed by atoms with Crippen molar-refractivity contribution in [3.8, 4) is 5.88 Å². The number of rotatable bonds is 5. The van der Waals surface area contributed by atoms with Crippen molar-refractivity contribution < 1.29 is 9.53 Å². The van der Waals surface area contributed by atoms with Crippen LogP contribution >= 0.6 is 23.2 Å². The van der Waals surface area contributed by atoms with Gasteiger partial charge in [-0.1, -0.05) is 0 Å². The molecule has 1 rings (SSSR count). The zero-order valence-electron chi connectivity index (χ0n) is 9.67. The lowest BCUT2D eigenvalue weighted by molar-refractivity contribution is 0.0917. The van der Waals surface area contributed by atoms with Crippen LogP contribution in [0.2, 0.25) is 0 Å². The topological polar surface area (TPSA) is 51.2 Å². The molecule has 17 heavy (non-hydrogen) atoms. The molecule has 4 nitrogen and oxygen atoms in total. The second-order valence-electron chi connectivity index (χ2n) is 3.84. The van der Waals surface area contributed by atoms with Crippen LogP contribution in [-0.4, -0.2) is 35.3 Å². The fourth-order valence-corrected chi connectivity index (χ4v) is 1.59. The van der Waals surface area contributed by atoms with Gasteiger partial charge in [0, 0.05) is 18.0 Å². The van der Waals surface area contributed by atoms with Crippen molar-refractivity contribution in [1.29, 1.82) is 0 Å². The van der Waals surface area contributed by atoms with E-state index in [4.69, 9.17) is 27.9 Å². The molecule has 0 saturated carbocycles. The van der Waals surface area contributed by atoms with Gasteiger partial charge in [-0.25, -0.2) is 4.98 Å². The monoisotopic (exact) mass is 276 g/mol. The van der Waals surface area contributed by atoms with Crippen LogP contribution in [0.1, 0.15) is 17.3 Å². The van der Waals surface area contributed by atoms with E-state index < -0.39 is 5.54 Å². The molecule has 6 heteroatoms. The largest absolute Gasteiger partial charge is 0.480 e. The molecule has 0 fully saturated rings. The first-order valence-electron chi connectivity index (χ1n) is 5.00. The van der Waals surface area contributed by atoms with Gasteiger partial charge < -0.3 is 10.1 Å². The summed E-state index contributed by atoms with van der Waals surface area (Å²) >= 11 is 11.5. The number of nitrogens with zero attached hydrogens (tertiary/aromatic N) is 1. The summed E-state index contributed by atoms with van der Waals surface area (Å²) in [6.07, 6.45) is 1.55. The number of alkyl halides is 2. The Kier molecular flexibility index (Phi) is 5.02. The lowest BCUT2D eigenvalue weighted by Gasteiger charge is -2.26. The molecule has 0 aromatic carbocycles. The number of amides is 1. The van der Waals surface area contributed by atoms with Gasteiger partial charge in [0.15, 0.2) is 0 Å². The number of aromatic nitrogens is 1. The van der Waals surface area contributed by atoms with E-state index in [0.717, 1.165) is 0 Å². The number of carbonyl (C=O) groups is 1. The molecular weight excluding hydrogens is 263 g/mol. The third-order valence-electron chi connectivity index (χ3n) is 2.21. The lowest BCUT2D eigenvalue weighted by atomic mass is 10.1. The van der Waals surface area contributed by atoms with E-state index in [1.54, 1.807) is 25.3 Å². The van der Waals surface area contributed by atoms with Crippen molar-refractivity contribution in [1.82, 2.24) is 10.3 Å². The van der Waals surface area contributed by atoms with Crippen LogP contribution in [0, 0.1) is 0 Å². The first kappa shape index (κ1) is 14.1. The molecular formula is C11H14Cl2N2O2. The molecule has 1 aromatic rings. The van der Waals surface area contributed by atoms with Crippen LogP contribution in [0.4, 0.5) is 0 Å². The number of carbonyl (C=O) groups excluding carboxylic acids is 1.